The second-order valence-electron chi connectivity index (χ2n) is 8.07. The van der Waals surface area contributed by atoms with E-state index in [0.717, 1.165) is 42.2 Å². The largest absolute Gasteiger partial charge is 0.397 e. The molecule has 0 saturated carbocycles. The lowest BCUT2D eigenvalue weighted by Gasteiger charge is -2.37. The summed E-state index contributed by atoms with van der Waals surface area (Å²) in [5.41, 5.74) is 8.18. The number of pyridine rings is 1. The Labute approximate surface area is 189 Å². The molecule has 1 aromatic carbocycles. The van der Waals surface area contributed by atoms with Crippen LogP contribution in [0.5, 0.6) is 0 Å². The van der Waals surface area contributed by atoms with Crippen molar-refractivity contribution < 1.29 is 9.59 Å². The number of amides is 2. The van der Waals surface area contributed by atoms with Crippen LogP contribution >= 0.6 is 11.3 Å². The number of hydrogen-bond donors (Lipinski definition) is 4. The van der Waals surface area contributed by atoms with Crippen molar-refractivity contribution in [2.45, 2.75) is 18.4 Å². The summed E-state index contributed by atoms with van der Waals surface area (Å²) < 4.78 is 0. The van der Waals surface area contributed by atoms with E-state index in [-0.39, 0.29) is 11.8 Å². The summed E-state index contributed by atoms with van der Waals surface area (Å²) in [6, 6.07) is 13.3. The van der Waals surface area contributed by atoms with Gasteiger partial charge in [0.25, 0.3) is 5.91 Å². The van der Waals surface area contributed by atoms with Gasteiger partial charge in [0.1, 0.15) is 11.4 Å². The number of nitrogens with zero attached hydrogens (tertiary/aromatic N) is 2. The highest BCUT2D eigenvalue weighted by atomic mass is 32.1. The number of rotatable bonds is 4. The van der Waals surface area contributed by atoms with E-state index in [4.69, 9.17) is 5.73 Å². The molecule has 0 unspecified atom stereocenters. The molecule has 3 aromatic rings. The number of nitrogens with one attached hydrogen (secondary N) is 3. The number of anilines is 3. The predicted molar refractivity (Wildman–Crippen MR) is 127 cm³/mol. The molecule has 32 heavy (non-hydrogen) atoms. The van der Waals surface area contributed by atoms with Crippen LogP contribution in [0.25, 0.3) is 10.4 Å². The van der Waals surface area contributed by atoms with Crippen LogP contribution in [0.3, 0.4) is 0 Å². The zero-order valence-corrected chi connectivity index (χ0v) is 18.2. The fourth-order valence-corrected chi connectivity index (χ4v) is 4.95. The van der Waals surface area contributed by atoms with Crippen LogP contribution in [0.4, 0.5) is 17.2 Å². The Bertz CT molecular complexity index is 1140. The number of benzene rings is 1. The standard InChI is InChI=1S/C23H24N6O2S/c24-17-5-3-15(19-2-1-11-32-19)12-18(17)28-21(30)16-4-6-20(25-13-16)29-9-7-23(8-10-29)22(31)26-14-27-23/h1-6,11-13,27H,7-10,14,24H2,(H,26,31)(H,28,30). The Balaban J connectivity index is 1.25. The lowest BCUT2D eigenvalue weighted by molar-refractivity contribution is -0.124. The van der Waals surface area contributed by atoms with E-state index in [9.17, 15) is 9.59 Å². The zero-order chi connectivity index (χ0) is 22.1. The van der Waals surface area contributed by atoms with Crippen molar-refractivity contribution in [1.29, 1.82) is 0 Å². The molecule has 2 saturated heterocycles. The van der Waals surface area contributed by atoms with Crippen molar-refractivity contribution >= 4 is 40.3 Å². The number of piperidine rings is 1. The lowest BCUT2D eigenvalue weighted by atomic mass is 9.88. The number of thiophene rings is 1. The fraction of sp³-hybridized carbons (Fsp3) is 0.261. The number of hydrogen-bond acceptors (Lipinski definition) is 7. The van der Waals surface area contributed by atoms with Crippen molar-refractivity contribution in [2.24, 2.45) is 0 Å². The molecule has 164 valence electrons. The first kappa shape index (κ1) is 20.5. The highest BCUT2D eigenvalue weighted by Crippen LogP contribution is 2.31. The van der Waals surface area contributed by atoms with Gasteiger partial charge in [-0.3, -0.25) is 14.9 Å². The monoisotopic (exact) mass is 448 g/mol. The maximum atomic E-state index is 12.8. The van der Waals surface area contributed by atoms with Crippen molar-refractivity contribution in [2.75, 3.05) is 35.7 Å². The maximum absolute atomic E-state index is 12.8. The fourth-order valence-electron chi connectivity index (χ4n) is 4.23. The average Bonchev–Trinajstić information content (AvgIpc) is 3.47. The third kappa shape index (κ3) is 3.80. The molecule has 0 atom stereocenters. The molecule has 2 aliphatic rings. The van der Waals surface area contributed by atoms with Crippen molar-refractivity contribution in [3.05, 3.63) is 59.6 Å². The van der Waals surface area contributed by atoms with Crippen LogP contribution < -0.4 is 26.6 Å². The Morgan fingerprint density at radius 1 is 1.19 bits per heavy atom. The molecule has 2 aliphatic heterocycles. The van der Waals surface area contributed by atoms with Gasteiger partial charge < -0.3 is 21.3 Å². The number of carbonyl (C=O) groups is 2. The van der Waals surface area contributed by atoms with Crippen LogP contribution in [0.1, 0.15) is 23.2 Å². The summed E-state index contributed by atoms with van der Waals surface area (Å²) in [7, 11) is 0. The summed E-state index contributed by atoms with van der Waals surface area (Å²) in [5, 5.41) is 11.1. The van der Waals surface area contributed by atoms with Gasteiger partial charge in [-0.1, -0.05) is 12.1 Å². The molecule has 8 nitrogen and oxygen atoms in total. The number of nitrogens with two attached hydrogens (primary N) is 1. The predicted octanol–water partition coefficient (Wildman–Crippen LogP) is 2.66. The van der Waals surface area contributed by atoms with Gasteiger partial charge in [-0.05, 0) is 54.1 Å². The van der Waals surface area contributed by atoms with E-state index in [2.05, 4.69) is 25.8 Å². The molecule has 5 N–H and O–H groups in total. The molecule has 9 heteroatoms. The molecule has 2 fully saturated rings. The van der Waals surface area contributed by atoms with E-state index in [1.807, 2.05) is 35.7 Å². The topological polar surface area (TPSA) is 112 Å². The summed E-state index contributed by atoms with van der Waals surface area (Å²) in [6.07, 6.45) is 3.03. The van der Waals surface area contributed by atoms with Gasteiger partial charge in [-0.25, -0.2) is 4.98 Å². The second kappa shape index (κ2) is 8.25. The van der Waals surface area contributed by atoms with Gasteiger partial charge in [0.2, 0.25) is 5.91 Å². The number of carbonyl (C=O) groups excluding carboxylic acids is 2. The molecule has 0 radical (unpaired) electrons. The van der Waals surface area contributed by atoms with Gasteiger partial charge in [-0.15, -0.1) is 11.3 Å². The highest BCUT2D eigenvalue weighted by Gasteiger charge is 2.44. The second-order valence-corrected chi connectivity index (χ2v) is 9.01. The molecule has 4 heterocycles. The molecule has 0 aliphatic carbocycles. The van der Waals surface area contributed by atoms with E-state index < -0.39 is 5.54 Å². The van der Waals surface area contributed by atoms with Crippen LogP contribution in [-0.4, -0.2) is 42.1 Å². The maximum Gasteiger partial charge on any atom is 0.257 e. The average molecular weight is 449 g/mol. The first-order chi connectivity index (χ1) is 15.5. The zero-order valence-electron chi connectivity index (χ0n) is 17.4. The number of aromatic nitrogens is 1. The molecular weight excluding hydrogens is 424 g/mol. The van der Waals surface area contributed by atoms with Crippen molar-refractivity contribution in [3.63, 3.8) is 0 Å². The van der Waals surface area contributed by atoms with E-state index >= 15 is 0 Å². The first-order valence-electron chi connectivity index (χ1n) is 10.5. The SMILES string of the molecule is Nc1ccc(-c2cccs2)cc1NC(=O)c1ccc(N2CCC3(CC2)NCNC3=O)nc1. The first-order valence-corrected chi connectivity index (χ1v) is 11.4. The van der Waals surface area contributed by atoms with Crippen molar-refractivity contribution in [1.82, 2.24) is 15.6 Å². The molecule has 2 amide bonds. The van der Waals surface area contributed by atoms with Crippen LogP contribution in [-0.2, 0) is 4.79 Å². The summed E-state index contributed by atoms with van der Waals surface area (Å²) in [4.78, 5) is 32.6. The molecule has 0 bridgehead atoms. The third-order valence-electron chi connectivity index (χ3n) is 6.17. The van der Waals surface area contributed by atoms with E-state index in [1.54, 1.807) is 29.7 Å². The summed E-state index contributed by atoms with van der Waals surface area (Å²) in [5.74, 6) is 0.622. The Hall–Kier alpha value is -3.43. The van der Waals surface area contributed by atoms with Crippen molar-refractivity contribution in [3.8, 4) is 10.4 Å². The minimum absolute atomic E-state index is 0.0829. The Morgan fingerprint density at radius 3 is 2.69 bits per heavy atom. The minimum Gasteiger partial charge on any atom is -0.397 e. The van der Waals surface area contributed by atoms with Crippen LogP contribution in [0.15, 0.2) is 54.0 Å². The molecule has 1 spiro atoms. The van der Waals surface area contributed by atoms with Crippen LogP contribution in [0, 0.1) is 0 Å². The van der Waals surface area contributed by atoms with E-state index in [0.29, 0.717) is 23.6 Å². The van der Waals surface area contributed by atoms with Crippen LogP contribution in [0.2, 0.25) is 0 Å². The summed E-state index contributed by atoms with van der Waals surface area (Å²) in [6.45, 7) is 1.98. The normalized spacial score (nSPS) is 17.4. The van der Waals surface area contributed by atoms with Gasteiger partial charge in [0.05, 0.1) is 23.6 Å². The quantitative estimate of drug-likeness (QED) is 0.457. The number of nitrogen functional groups attached to an aromatic ring is 1. The van der Waals surface area contributed by atoms with Gasteiger partial charge in [0.15, 0.2) is 0 Å². The highest BCUT2D eigenvalue weighted by molar-refractivity contribution is 7.13. The minimum atomic E-state index is -0.450. The molecule has 2 aromatic heterocycles. The summed E-state index contributed by atoms with van der Waals surface area (Å²) >= 11 is 1.63. The Morgan fingerprint density at radius 2 is 2.03 bits per heavy atom. The molecule has 5 rings (SSSR count). The smallest absolute Gasteiger partial charge is 0.257 e. The molecular formula is C23H24N6O2S. The lowest BCUT2D eigenvalue weighted by Crippen LogP contribution is -2.54. The Kier molecular flexibility index (Phi) is 5.28. The van der Waals surface area contributed by atoms with Gasteiger partial charge >= 0.3 is 0 Å². The third-order valence-corrected chi connectivity index (χ3v) is 7.09. The van der Waals surface area contributed by atoms with Gasteiger partial charge in [-0.2, -0.15) is 0 Å². The van der Waals surface area contributed by atoms with E-state index in [1.165, 1.54) is 0 Å². The van der Waals surface area contributed by atoms with Gasteiger partial charge in [0, 0.05) is 24.2 Å².